The van der Waals surface area contributed by atoms with Gasteiger partial charge in [-0.1, -0.05) is 88.4 Å². The van der Waals surface area contributed by atoms with Gasteiger partial charge in [0.2, 0.25) is 0 Å². The number of carbonyl (C=O) groups is 3. The Balaban J connectivity index is 1.21. The van der Waals surface area contributed by atoms with Crippen molar-refractivity contribution in [3.8, 4) is 11.1 Å². The van der Waals surface area contributed by atoms with Gasteiger partial charge in [0, 0.05) is 18.8 Å². The van der Waals surface area contributed by atoms with E-state index in [4.69, 9.17) is 20.2 Å². The van der Waals surface area contributed by atoms with Crippen molar-refractivity contribution in [3.63, 3.8) is 0 Å². The number of amides is 1. The van der Waals surface area contributed by atoms with Crippen molar-refractivity contribution in [2.45, 2.75) is 84.8 Å². The fraction of sp³-hybridized carbons (Fsp3) is 0.415. The van der Waals surface area contributed by atoms with Crippen LogP contribution in [0.2, 0.25) is 0 Å². The number of unbranched alkanes of at least 4 members (excludes halogenated alkanes) is 1. The number of esters is 1. The highest BCUT2D eigenvalue weighted by molar-refractivity contribution is 6.23. The molecule has 1 atom stereocenters. The van der Waals surface area contributed by atoms with Crippen LogP contribution < -0.4 is 11.1 Å². The maximum Gasteiger partial charge on any atom is 0.407 e. The number of allylic oxidation sites excluding steroid dienone is 2. The molecule has 4 N–H and O–H groups in total. The normalized spacial score (nSPS) is 16.2. The van der Waals surface area contributed by atoms with E-state index in [1.54, 1.807) is 12.1 Å². The molecule has 9 heteroatoms. The minimum Gasteiger partial charge on any atom is -0.511 e. The van der Waals surface area contributed by atoms with Crippen LogP contribution in [0, 0.1) is 11.3 Å². The van der Waals surface area contributed by atoms with E-state index < -0.39 is 18.1 Å². The van der Waals surface area contributed by atoms with E-state index in [2.05, 4.69) is 29.6 Å². The average molecular weight is 680 g/mol. The number of nitrogens with zero attached hydrogens (tertiary/aromatic N) is 1. The third kappa shape index (κ3) is 9.07. The molecule has 0 radical (unpaired) electrons. The summed E-state index contributed by atoms with van der Waals surface area (Å²) in [5, 5.41) is 13.5. The second-order valence-electron chi connectivity index (χ2n) is 14.5. The monoisotopic (exact) mass is 679 g/mol. The van der Waals surface area contributed by atoms with E-state index in [1.807, 2.05) is 64.1 Å². The van der Waals surface area contributed by atoms with E-state index in [-0.39, 0.29) is 42.0 Å². The molecule has 0 saturated heterocycles. The number of ketones is 1. The topological polar surface area (TPSA) is 140 Å². The lowest BCUT2D eigenvalue weighted by atomic mass is 9.75. The standard InChI is InChI=1S/C41H49N3O6/c1-26(2)21-35(38-36(45)22-41(3,4)23-37(38)46)43-28-18-16-27(17-19-28)24-49-39(47)34(15-9-10-20-42)44-40(48)50-25-33-31-13-7-5-11-29(31)30-12-6-8-14-32(30)33/h5-8,11-14,16-19,26,33-34,45H,9-10,15,20-25,42H2,1-4H3,(H,44,48)/t34-/m0/s1. The number of rotatable bonds is 14. The van der Waals surface area contributed by atoms with Crippen LogP contribution in [0.25, 0.3) is 11.1 Å². The molecule has 5 rings (SSSR count). The van der Waals surface area contributed by atoms with Crippen LogP contribution in [0.4, 0.5) is 10.5 Å². The van der Waals surface area contributed by atoms with Crippen molar-refractivity contribution in [1.82, 2.24) is 5.32 Å². The molecule has 3 aromatic rings. The number of aliphatic hydroxyl groups is 1. The number of ether oxygens (including phenoxy) is 2. The first-order chi connectivity index (χ1) is 24.0. The van der Waals surface area contributed by atoms with E-state index in [0.29, 0.717) is 62.0 Å². The molecular weight excluding hydrogens is 630 g/mol. The van der Waals surface area contributed by atoms with Gasteiger partial charge < -0.3 is 25.6 Å². The molecule has 0 spiro atoms. The first-order valence-electron chi connectivity index (χ1n) is 17.6. The third-order valence-electron chi connectivity index (χ3n) is 9.19. The number of hydrogen-bond donors (Lipinski definition) is 3. The molecule has 1 amide bonds. The lowest BCUT2D eigenvalue weighted by Crippen LogP contribution is -2.42. The molecule has 0 fully saturated rings. The summed E-state index contributed by atoms with van der Waals surface area (Å²) in [5.41, 5.74) is 12.2. The maximum absolute atomic E-state index is 13.2. The summed E-state index contributed by atoms with van der Waals surface area (Å²) in [6, 6.07) is 22.5. The summed E-state index contributed by atoms with van der Waals surface area (Å²) < 4.78 is 11.3. The van der Waals surface area contributed by atoms with Crippen molar-refractivity contribution >= 4 is 29.2 Å². The Morgan fingerprint density at radius 2 is 1.58 bits per heavy atom. The minimum absolute atomic E-state index is 0.000939. The predicted molar refractivity (Wildman–Crippen MR) is 195 cm³/mol. The Morgan fingerprint density at radius 1 is 0.940 bits per heavy atom. The SMILES string of the molecule is CC(C)CC(=Nc1ccc(COC(=O)[C@H](CCCCN)NC(=O)OCC2c3ccccc3-c3ccccc32)cc1)C1=C(O)CC(C)(C)CC1=O. The fourth-order valence-corrected chi connectivity index (χ4v) is 6.81. The minimum atomic E-state index is -0.890. The van der Waals surface area contributed by atoms with Crippen LogP contribution in [-0.2, 0) is 25.7 Å². The van der Waals surface area contributed by atoms with E-state index >= 15 is 0 Å². The summed E-state index contributed by atoms with van der Waals surface area (Å²) in [6.45, 7) is 8.66. The van der Waals surface area contributed by atoms with E-state index in [1.165, 1.54) is 0 Å². The van der Waals surface area contributed by atoms with Gasteiger partial charge in [-0.05, 0) is 83.5 Å². The molecule has 0 bridgehead atoms. The highest BCUT2D eigenvalue weighted by Crippen LogP contribution is 2.44. The van der Waals surface area contributed by atoms with Crippen LogP contribution in [0.1, 0.15) is 88.8 Å². The smallest absolute Gasteiger partial charge is 0.407 e. The highest BCUT2D eigenvalue weighted by atomic mass is 16.6. The Morgan fingerprint density at radius 3 is 2.18 bits per heavy atom. The van der Waals surface area contributed by atoms with Gasteiger partial charge in [-0.2, -0.15) is 0 Å². The number of nitrogens with one attached hydrogen (secondary N) is 1. The summed E-state index contributed by atoms with van der Waals surface area (Å²) >= 11 is 0. The maximum atomic E-state index is 13.2. The number of fused-ring (bicyclic) bond motifs is 3. The number of hydrogen-bond acceptors (Lipinski definition) is 8. The Hall–Kier alpha value is -4.76. The fourth-order valence-electron chi connectivity index (χ4n) is 6.81. The second kappa shape index (κ2) is 16.3. The predicted octanol–water partition coefficient (Wildman–Crippen LogP) is 8.09. The molecule has 264 valence electrons. The molecule has 0 aromatic heterocycles. The molecule has 3 aromatic carbocycles. The van der Waals surface area contributed by atoms with Crippen LogP contribution in [0.3, 0.4) is 0 Å². The molecule has 0 aliphatic heterocycles. The first-order valence-corrected chi connectivity index (χ1v) is 17.6. The van der Waals surface area contributed by atoms with Crippen LogP contribution >= 0.6 is 0 Å². The van der Waals surface area contributed by atoms with Gasteiger partial charge in [-0.25, -0.2) is 9.59 Å². The quantitative estimate of drug-likeness (QED) is 0.0889. The van der Waals surface area contributed by atoms with Gasteiger partial charge in [0.25, 0.3) is 0 Å². The van der Waals surface area contributed by atoms with E-state index in [0.717, 1.165) is 27.8 Å². The Labute approximate surface area is 295 Å². The zero-order valence-corrected chi connectivity index (χ0v) is 29.5. The number of carbonyl (C=O) groups excluding carboxylic acids is 3. The van der Waals surface area contributed by atoms with E-state index in [9.17, 15) is 19.5 Å². The number of Topliss-reactive ketones (excluding diaryl/α,β-unsaturated/α-hetero) is 1. The molecule has 50 heavy (non-hydrogen) atoms. The lowest BCUT2D eigenvalue weighted by molar-refractivity contribution is -0.147. The van der Waals surface area contributed by atoms with Crippen molar-refractivity contribution < 1.29 is 29.0 Å². The number of aliphatic hydroxyl groups excluding tert-OH is 1. The summed E-state index contributed by atoms with van der Waals surface area (Å²) in [6.07, 6.45) is 2.36. The molecule has 0 heterocycles. The van der Waals surface area contributed by atoms with Gasteiger partial charge in [-0.15, -0.1) is 0 Å². The number of nitrogens with two attached hydrogens (primary N) is 1. The second-order valence-corrected chi connectivity index (χ2v) is 14.5. The number of benzene rings is 3. The van der Waals surface area contributed by atoms with Gasteiger partial charge >= 0.3 is 12.1 Å². The zero-order chi connectivity index (χ0) is 35.8. The zero-order valence-electron chi connectivity index (χ0n) is 29.5. The average Bonchev–Trinajstić information content (AvgIpc) is 3.39. The number of alkyl carbamates (subject to hydrolysis) is 1. The third-order valence-corrected chi connectivity index (χ3v) is 9.19. The van der Waals surface area contributed by atoms with Crippen LogP contribution in [0.5, 0.6) is 0 Å². The van der Waals surface area contributed by atoms with Crippen LogP contribution in [-0.4, -0.2) is 47.9 Å². The summed E-state index contributed by atoms with van der Waals surface area (Å²) in [4.78, 5) is 44.1. The van der Waals surface area contributed by atoms with Crippen LogP contribution in [0.15, 0.2) is 89.1 Å². The largest absolute Gasteiger partial charge is 0.511 e. The Kier molecular flexibility index (Phi) is 11.9. The Bertz CT molecular complexity index is 1710. The van der Waals surface area contributed by atoms with Gasteiger partial charge in [0.1, 0.15) is 25.0 Å². The van der Waals surface area contributed by atoms with Gasteiger partial charge in [0.15, 0.2) is 5.78 Å². The molecular formula is C41H49N3O6. The van der Waals surface area contributed by atoms with Crippen molar-refractivity contribution in [1.29, 1.82) is 0 Å². The molecule has 0 unspecified atom stereocenters. The molecule has 0 saturated carbocycles. The summed E-state index contributed by atoms with van der Waals surface area (Å²) in [5.74, 6) is -0.410. The summed E-state index contributed by atoms with van der Waals surface area (Å²) in [7, 11) is 0. The van der Waals surface area contributed by atoms with Crippen molar-refractivity contribution in [2.24, 2.45) is 22.1 Å². The number of aliphatic imine (C=N–C) groups is 1. The first kappa shape index (κ1) is 36.5. The highest BCUT2D eigenvalue weighted by Gasteiger charge is 2.35. The molecule has 2 aliphatic carbocycles. The van der Waals surface area contributed by atoms with Gasteiger partial charge in [-0.3, -0.25) is 9.79 Å². The van der Waals surface area contributed by atoms with Crippen molar-refractivity contribution in [3.05, 3.63) is 101 Å². The molecule has 9 nitrogen and oxygen atoms in total. The van der Waals surface area contributed by atoms with Crippen molar-refractivity contribution in [2.75, 3.05) is 13.2 Å². The molecule has 2 aliphatic rings. The lowest BCUT2D eigenvalue weighted by Gasteiger charge is -2.30. The van der Waals surface area contributed by atoms with Gasteiger partial charge in [0.05, 0.1) is 17.0 Å².